The number of hydrogen-bond acceptors (Lipinski definition) is 2. The van der Waals surface area contributed by atoms with Crippen LogP contribution in [0.3, 0.4) is 0 Å². The Morgan fingerprint density at radius 1 is 1.88 bits per heavy atom. The molecule has 8 heavy (non-hydrogen) atoms. The van der Waals surface area contributed by atoms with E-state index < -0.39 is 0 Å². The lowest BCUT2D eigenvalue weighted by atomic mass is 10.4. The minimum atomic E-state index is 0.160. The van der Waals surface area contributed by atoms with Gasteiger partial charge in [0.15, 0.2) is 0 Å². The van der Waals surface area contributed by atoms with Crippen molar-refractivity contribution in [1.82, 2.24) is 0 Å². The van der Waals surface area contributed by atoms with Crippen LogP contribution in [0.1, 0.15) is 6.92 Å². The first-order valence-corrected chi connectivity index (χ1v) is 2.73. The molecule has 0 aromatic carbocycles. The summed E-state index contributed by atoms with van der Waals surface area (Å²) in [6.07, 6.45) is 1.87. The fourth-order valence-corrected chi connectivity index (χ4v) is 0.300. The molecule has 0 aromatic heterocycles. The van der Waals surface area contributed by atoms with E-state index in [1.54, 1.807) is 6.08 Å². The van der Waals surface area contributed by atoms with Crippen LogP contribution in [0.25, 0.3) is 0 Å². The third-order valence-electron chi connectivity index (χ3n) is 0.831. The van der Waals surface area contributed by atoms with Crippen LogP contribution in [-0.2, 0) is 4.74 Å². The maximum Gasteiger partial charge on any atom is 0.0673 e. The Morgan fingerprint density at radius 2 is 2.50 bits per heavy atom. The van der Waals surface area contributed by atoms with E-state index in [1.165, 1.54) is 0 Å². The quantitative estimate of drug-likeness (QED) is 0.542. The van der Waals surface area contributed by atoms with Crippen molar-refractivity contribution >= 4 is 0 Å². The Morgan fingerprint density at radius 3 is 2.88 bits per heavy atom. The summed E-state index contributed by atoms with van der Waals surface area (Å²) in [5, 5.41) is 0. The molecule has 0 aliphatic rings. The zero-order chi connectivity index (χ0) is 6.41. The van der Waals surface area contributed by atoms with Gasteiger partial charge in [-0.3, -0.25) is 0 Å². The van der Waals surface area contributed by atoms with Gasteiger partial charge in [-0.15, -0.1) is 6.58 Å². The molecule has 0 saturated heterocycles. The van der Waals surface area contributed by atoms with E-state index in [0.29, 0.717) is 13.2 Å². The molecule has 0 heterocycles. The fourth-order valence-electron chi connectivity index (χ4n) is 0.300. The zero-order valence-corrected chi connectivity index (χ0v) is 5.26. The maximum absolute atomic E-state index is 5.25. The SMILES string of the molecule is C=CCO[C@@H](C)CN. The van der Waals surface area contributed by atoms with Crippen LogP contribution in [0.4, 0.5) is 0 Å². The summed E-state index contributed by atoms with van der Waals surface area (Å²) in [5.41, 5.74) is 5.25. The third-order valence-corrected chi connectivity index (χ3v) is 0.831. The van der Waals surface area contributed by atoms with Crippen LogP contribution in [0.15, 0.2) is 12.7 Å². The molecule has 0 aliphatic heterocycles. The van der Waals surface area contributed by atoms with Crippen molar-refractivity contribution in [3.63, 3.8) is 0 Å². The van der Waals surface area contributed by atoms with Crippen molar-refractivity contribution in [2.45, 2.75) is 13.0 Å². The Hall–Kier alpha value is -0.340. The van der Waals surface area contributed by atoms with Gasteiger partial charge in [0.25, 0.3) is 0 Å². The maximum atomic E-state index is 5.25. The number of rotatable bonds is 4. The number of ether oxygens (including phenoxy) is 1. The van der Waals surface area contributed by atoms with E-state index >= 15 is 0 Å². The average molecular weight is 115 g/mol. The average Bonchev–Trinajstić information content (AvgIpc) is 1.83. The summed E-state index contributed by atoms with van der Waals surface area (Å²) < 4.78 is 5.10. The zero-order valence-electron chi connectivity index (χ0n) is 5.26. The monoisotopic (exact) mass is 115 g/mol. The first-order chi connectivity index (χ1) is 3.81. The molecule has 0 fully saturated rings. The van der Waals surface area contributed by atoms with Crippen LogP contribution in [0.2, 0.25) is 0 Å². The minimum Gasteiger partial charge on any atom is -0.373 e. The lowest BCUT2D eigenvalue weighted by Crippen LogP contribution is -2.19. The molecule has 2 heteroatoms. The third kappa shape index (κ3) is 3.84. The van der Waals surface area contributed by atoms with Crippen LogP contribution in [-0.4, -0.2) is 19.3 Å². The van der Waals surface area contributed by atoms with Gasteiger partial charge in [0, 0.05) is 6.54 Å². The predicted molar refractivity (Wildman–Crippen MR) is 34.7 cm³/mol. The highest BCUT2D eigenvalue weighted by atomic mass is 16.5. The highest BCUT2D eigenvalue weighted by Crippen LogP contribution is 1.84. The van der Waals surface area contributed by atoms with Crippen molar-refractivity contribution in [1.29, 1.82) is 0 Å². The van der Waals surface area contributed by atoms with Crippen molar-refractivity contribution in [3.8, 4) is 0 Å². The number of hydrogen-bond donors (Lipinski definition) is 1. The molecule has 1 atom stereocenters. The second-order valence-electron chi connectivity index (χ2n) is 1.67. The topological polar surface area (TPSA) is 35.2 Å². The van der Waals surface area contributed by atoms with Crippen molar-refractivity contribution in [3.05, 3.63) is 12.7 Å². The molecule has 0 rings (SSSR count). The van der Waals surface area contributed by atoms with Crippen LogP contribution in [0, 0.1) is 0 Å². The molecular weight excluding hydrogens is 102 g/mol. The second-order valence-corrected chi connectivity index (χ2v) is 1.67. The Labute approximate surface area is 50.3 Å². The molecule has 0 unspecified atom stereocenters. The molecule has 0 aromatic rings. The highest BCUT2D eigenvalue weighted by Gasteiger charge is 1.93. The van der Waals surface area contributed by atoms with Crippen molar-refractivity contribution in [2.24, 2.45) is 5.73 Å². The summed E-state index contributed by atoms with van der Waals surface area (Å²) in [6, 6.07) is 0. The Balaban J connectivity index is 2.97. The standard InChI is InChI=1S/C6H13NO/c1-3-4-8-6(2)5-7/h3,6H,1,4-5,7H2,2H3/t6-/m0/s1. The lowest BCUT2D eigenvalue weighted by molar-refractivity contribution is 0.0949. The fraction of sp³-hybridized carbons (Fsp3) is 0.667. The van der Waals surface area contributed by atoms with Crippen LogP contribution in [0.5, 0.6) is 0 Å². The van der Waals surface area contributed by atoms with Gasteiger partial charge >= 0.3 is 0 Å². The first kappa shape index (κ1) is 7.66. The molecule has 0 bridgehead atoms. The molecule has 48 valence electrons. The molecule has 2 nitrogen and oxygen atoms in total. The van der Waals surface area contributed by atoms with E-state index in [0.717, 1.165) is 0 Å². The molecule has 2 N–H and O–H groups in total. The van der Waals surface area contributed by atoms with Gasteiger partial charge in [-0.05, 0) is 6.92 Å². The summed E-state index contributed by atoms with van der Waals surface area (Å²) in [6.45, 7) is 6.61. The lowest BCUT2D eigenvalue weighted by Gasteiger charge is -2.06. The van der Waals surface area contributed by atoms with Crippen molar-refractivity contribution < 1.29 is 4.74 Å². The molecule has 0 aliphatic carbocycles. The normalized spacial score (nSPS) is 13.2. The summed E-state index contributed by atoms with van der Waals surface area (Å²) in [5.74, 6) is 0. The van der Waals surface area contributed by atoms with E-state index in [4.69, 9.17) is 10.5 Å². The smallest absolute Gasteiger partial charge is 0.0673 e. The Kier molecular flexibility index (Phi) is 4.61. The second kappa shape index (κ2) is 4.81. The molecule has 0 amide bonds. The van der Waals surface area contributed by atoms with E-state index in [-0.39, 0.29) is 6.10 Å². The minimum absolute atomic E-state index is 0.160. The van der Waals surface area contributed by atoms with Gasteiger partial charge in [0.2, 0.25) is 0 Å². The van der Waals surface area contributed by atoms with Crippen LogP contribution < -0.4 is 5.73 Å². The van der Waals surface area contributed by atoms with E-state index in [9.17, 15) is 0 Å². The Bertz CT molecular complexity index is 63.5. The van der Waals surface area contributed by atoms with Crippen molar-refractivity contribution in [2.75, 3.05) is 13.2 Å². The molecule has 0 spiro atoms. The predicted octanol–water partition coefficient (Wildman–Crippen LogP) is 0.536. The largest absolute Gasteiger partial charge is 0.373 e. The highest BCUT2D eigenvalue weighted by molar-refractivity contribution is 4.65. The summed E-state index contributed by atoms with van der Waals surface area (Å²) in [7, 11) is 0. The van der Waals surface area contributed by atoms with Gasteiger partial charge in [0.05, 0.1) is 12.7 Å². The van der Waals surface area contributed by atoms with Crippen LogP contribution >= 0.6 is 0 Å². The van der Waals surface area contributed by atoms with E-state index in [2.05, 4.69) is 6.58 Å². The summed E-state index contributed by atoms with van der Waals surface area (Å²) >= 11 is 0. The first-order valence-electron chi connectivity index (χ1n) is 2.73. The van der Waals surface area contributed by atoms with Gasteiger partial charge in [-0.25, -0.2) is 0 Å². The molecule has 0 saturated carbocycles. The van der Waals surface area contributed by atoms with Gasteiger partial charge < -0.3 is 10.5 Å². The molecule has 0 radical (unpaired) electrons. The van der Waals surface area contributed by atoms with Gasteiger partial charge in [-0.2, -0.15) is 0 Å². The van der Waals surface area contributed by atoms with E-state index in [1.807, 2.05) is 6.92 Å². The summed E-state index contributed by atoms with van der Waals surface area (Å²) in [4.78, 5) is 0. The molecular formula is C6H13NO. The van der Waals surface area contributed by atoms with Gasteiger partial charge in [0.1, 0.15) is 0 Å². The number of nitrogens with two attached hydrogens (primary N) is 1. The van der Waals surface area contributed by atoms with Gasteiger partial charge in [-0.1, -0.05) is 6.08 Å².